The summed E-state index contributed by atoms with van der Waals surface area (Å²) in [5.41, 5.74) is 1.48. The summed E-state index contributed by atoms with van der Waals surface area (Å²) in [7, 11) is 1.52. The Kier molecular flexibility index (Phi) is 7.20. The first-order chi connectivity index (χ1) is 20.1. The predicted molar refractivity (Wildman–Crippen MR) is 167 cm³/mol. The maximum absolute atomic E-state index is 14.3. The highest BCUT2D eigenvalue weighted by molar-refractivity contribution is 5.95. The molecule has 0 aliphatic heterocycles. The second-order valence-corrected chi connectivity index (χ2v) is 16.7. The van der Waals surface area contributed by atoms with Gasteiger partial charge in [0.25, 0.3) is 0 Å². The molecule has 1 amide bonds. The SMILES string of the molecule is COc1cc(CNC(=O)[C@@]2(C)CC[C@]3(C)CC[C@]4(C)C(=CC(=O)[C@H]5C4CC[C@H]4C(C)(C)[C@@H](O)CC[C@]54C)[C@@H]3C2)ccc1O. The number of methoxy groups -OCH3 is 1. The monoisotopic (exact) mass is 591 g/mol. The van der Waals surface area contributed by atoms with Gasteiger partial charge in [-0.2, -0.15) is 0 Å². The molecule has 1 unspecified atom stereocenters. The molecular formula is C37H53NO5. The number of aliphatic hydroxyl groups is 1. The molecule has 0 saturated heterocycles. The van der Waals surface area contributed by atoms with Crippen LogP contribution in [-0.4, -0.2) is 35.1 Å². The highest BCUT2D eigenvalue weighted by Gasteiger charge is 2.66. The lowest BCUT2D eigenvalue weighted by molar-refractivity contribution is -0.177. The Hall–Kier alpha value is -2.34. The zero-order chi connectivity index (χ0) is 31.2. The van der Waals surface area contributed by atoms with Gasteiger partial charge in [-0.25, -0.2) is 0 Å². The minimum Gasteiger partial charge on any atom is -0.504 e. The number of phenolic OH excluding ortho intramolecular Hbond substituents is 1. The van der Waals surface area contributed by atoms with Crippen molar-refractivity contribution < 1.29 is 24.5 Å². The number of phenols is 1. The topological polar surface area (TPSA) is 95.9 Å². The van der Waals surface area contributed by atoms with Crippen LogP contribution in [0.5, 0.6) is 11.5 Å². The summed E-state index contributed by atoms with van der Waals surface area (Å²) in [6.45, 7) is 14.1. The van der Waals surface area contributed by atoms with Gasteiger partial charge in [0.05, 0.1) is 13.2 Å². The molecule has 236 valence electrons. The summed E-state index contributed by atoms with van der Waals surface area (Å²) in [5, 5.41) is 24.1. The average molecular weight is 592 g/mol. The normalized spacial score (nSPS) is 43.3. The van der Waals surface area contributed by atoms with Crippen LogP contribution < -0.4 is 10.1 Å². The first-order valence-corrected chi connectivity index (χ1v) is 16.7. The van der Waals surface area contributed by atoms with E-state index < -0.39 is 5.41 Å². The third kappa shape index (κ3) is 4.51. The quantitative estimate of drug-likeness (QED) is 0.352. The van der Waals surface area contributed by atoms with Crippen molar-refractivity contribution in [2.24, 2.45) is 50.7 Å². The van der Waals surface area contributed by atoms with Gasteiger partial charge >= 0.3 is 0 Å². The van der Waals surface area contributed by atoms with Crippen molar-refractivity contribution in [1.29, 1.82) is 0 Å². The number of rotatable bonds is 4. The van der Waals surface area contributed by atoms with Crippen LogP contribution in [-0.2, 0) is 16.1 Å². The van der Waals surface area contributed by atoms with Crippen molar-refractivity contribution in [2.75, 3.05) is 7.11 Å². The van der Waals surface area contributed by atoms with Gasteiger partial charge in [0.15, 0.2) is 17.3 Å². The lowest BCUT2D eigenvalue weighted by atomic mass is 9.38. The number of carbonyl (C=O) groups is 2. The first kappa shape index (κ1) is 30.7. The van der Waals surface area contributed by atoms with E-state index in [4.69, 9.17) is 4.74 Å². The van der Waals surface area contributed by atoms with E-state index in [9.17, 15) is 19.8 Å². The van der Waals surface area contributed by atoms with Crippen molar-refractivity contribution in [3.8, 4) is 11.5 Å². The zero-order valence-electron chi connectivity index (χ0n) is 27.4. The molecule has 3 N–H and O–H groups in total. The van der Waals surface area contributed by atoms with Crippen LogP contribution in [0.25, 0.3) is 0 Å². The Morgan fingerprint density at radius 2 is 1.72 bits per heavy atom. The van der Waals surface area contributed by atoms with Gasteiger partial charge in [-0.3, -0.25) is 9.59 Å². The number of ketones is 1. The van der Waals surface area contributed by atoms with Crippen molar-refractivity contribution in [2.45, 2.75) is 112 Å². The van der Waals surface area contributed by atoms with Crippen LogP contribution in [0, 0.1) is 50.7 Å². The Bertz CT molecular complexity index is 1350. The molecule has 0 heterocycles. The van der Waals surface area contributed by atoms with Gasteiger partial charge in [0.1, 0.15) is 0 Å². The minimum absolute atomic E-state index is 0.0108. The lowest BCUT2D eigenvalue weighted by Crippen LogP contribution is -2.62. The fourth-order valence-corrected chi connectivity index (χ4v) is 11.1. The first-order valence-electron chi connectivity index (χ1n) is 16.7. The van der Waals surface area contributed by atoms with Crippen LogP contribution in [0.1, 0.15) is 105 Å². The molecule has 0 radical (unpaired) electrons. The van der Waals surface area contributed by atoms with Gasteiger partial charge in [-0.15, -0.1) is 0 Å². The molecule has 1 aromatic rings. The van der Waals surface area contributed by atoms with E-state index in [-0.39, 0.29) is 51.3 Å². The van der Waals surface area contributed by atoms with E-state index in [1.54, 1.807) is 12.1 Å². The van der Waals surface area contributed by atoms with E-state index in [1.807, 2.05) is 6.07 Å². The number of carbonyl (C=O) groups excluding carboxylic acids is 2. The van der Waals surface area contributed by atoms with Gasteiger partial charge in [0.2, 0.25) is 5.91 Å². The molecule has 6 heteroatoms. The number of aromatic hydroxyl groups is 1. The number of benzene rings is 1. The fraction of sp³-hybridized carbons (Fsp3) is 0.730. The molecule has 6 rings (SSSR count). The Balaban J connectivity index is 1.27. The molecule has 5 aliphatic rings. The molecule has 9 atom stereocenters. The Morgan fingerprint density at radius 1 is 1.00 bits per heavy atom. The number of amides is 1. The van der Waals surface area contributed by atoms with E-state index in [2.05, 4.69) is 52.9 Å². The van der Waals surface area contributed by atoms with Crippen molar-refractivity contribution in [1.82, 2.24) is 5.32 Å². The summed E-state index contributed by atoms with van der Waals surface area (Å²) >= 11 is 0. The van der Waals surface area contributed by atoms with Crippen LogP contribution in [0.4, 0.5) is 0 Å². The van der Waals surface area contributed by atoms with Crippen LogP contribution in [0.3, 0.4) is 0 Å². The Morgan fingerprint density at radius 3 is 2.44 bits per heavy atom. The number of nitrogens with one attached hydrogen (secondary N) is 1. The summed E-state index contributed by atoms with van der Waals surface area (Å²) in [4.78, 5) is 28.2. The summed E-state index contributed by atoms with van der Waals surface area (Å²) in [5.74, 6) is 1.74. The number of hydrogen-bond acceptors (Lipinski definition) is 5. The summed E-state index contributed by atoms with van der Waals surface area (Å²) in [6, 6.07) is 5.17. The molecule has 4 fully saturated rings. The Labute approximate surface area is 258 Å². The number of fused-ring (bicyclic) bond motifs is 7. The number of ether oxygens (including phenoxy) is 1. The molecule has 43 heavy (non-hydrogen) atoms. The largest absolute Gasteiger partial charge is 0.504 e. The molecule has 0 aromatic heterocycles. The number of hydrogen-bond donors (Lipinski definition) is 3. The van der Waals surface area contributed by atoms with Crippen LogP contribution in [0.15, 0.2) is 29.8 Å². The van der Waals surface area contributed by atoms with E-state index in [1.165, 1.54) is 12.7 Å². The second kappa shape index (κ2) is 10.1. The lowest BCUT2D eigenvalue weighted by Gasteiger charge is -2.66. The van der Waals surface area contributed by atoms with Crippen molar-refractivity contribution >= 4 is 11.7 Å². The van der Waals surface area contributed by atoms with Crippen molar-refractivity contribution in [3.05, 3.63) is 35.4 Å². The average Bonchev–Trinajstić information content (AvgIpc) is 2.96. The molecule has 0 spiro atoms. The third-order valence-corrected chi connectivity index (χ3v) is 14.1. The smallest absolute Gasteiger partial charge is 0.226 e. The van der Waals surface area contributed by atoms with Crippen LogP contribution >= 0.6 is 0 Å². The highest BCUT2D eigenvalue weighted by Crippen LogP contribution is 2.71. The van der Waals surface area contributed by atoms with E-state index in [0.717, 1.165) is 63.4 Å². The number of allylic oxidation sites excluding steroid dienone is 2. The summed E-state index contributed by atoms with van der Waals surface area (Å²) in [6.07, 6.45) is 10.4. The molecule has 6 nitrogen and oxygen atoms in total. The van der Waals surface area contributed by atoms with Gasteiger partial charge in [-0.1, -0.05) is 53.2 Å². The maximum Gasteiger partial charge on any atom is 0.226 e. The number of aliphatic hydroxyl groups excluding tert-OH is 1. The highest BCUT2D eigenvalue weighted by atomic mass is 16.5. The molecule has 0 bridgehead atoms. The van der Waals surface area contributed by atoms with Gasteiger partial charge < -0.3 is 20.3 Å². The molecule has 1 aromatic carbocycles. The predicted octanol–water partition coefficient (Wildman–Crippen LogP) is 6.97. The fourth-order valence-electron chi connectivity index (χ4n) is 11.1. The van der Waals surface area contributed by atoms with Gasteiger partial charge in [0, 0.05) is 17.9 Å². The maximum atomic E-state index is 14.3. The van der Waals surface area contributed by atoms with Gasteiger partial charge in [-0.05, 0) is 121 Å². The minimum atomic E-state index is -0.517. The third-order valence-electron chi connectivity index (χ3n) is 14.1. The second-order valence-electron chi connectivity index (χ2n) is 16.7. The molecule has 5 aliphatic carbocycles. The van der Waals surface area contributed by atoms with E-state index >= 15 is 0 Å². The zero-order valence-corrected chi connectivity index (χ0v) is 27.4. The molecule has 4 saturated carbocycles. The molecular weight excluding hydrogens is 538 g/mol. The van der Waals surface area contributed by atoms with E-state index in [0.29, 0.717) is 29.9 Å². The standard InChI is InChI=1S/C37H53NO5/c1-33(2)29-11-9-23-31(37(29,6)13-12-30(33)41)27(40)19-24-25-20-35(4,15-14-34(25,3)16-17-36(23,24)5)32(42)38-21-22-8-10-26(39)28(18-22)43-7/h8,10,18-19,23,25,29-31,39,41H,9,11-17,20-21H2,1-7H3,(H,38,42)/t23?,25-,29-,30-,31+,34+,35-,36-,37-/m0/s1. The summed E-state index contributed by atoms with van der Waals surface area (Å²) < 4.78 is 5.25. The van der Waals surface area contributed by atoms with Crippen LogP contribution in [0.2, 0.25) is 0 Å². The van der Waals surface area contributed by atoms with Crippen molar-refractivity contribution in [3.63, 3.8) is 0 Å².